The Morgan fingerprint density at radius 1 is 1.06 bits per heavy atom. The predicted molar refractivity (Wildman–Crippen MR) is 135 cm³/mol. The Bertz CT molecular complexity index is 1500. The SMILES string of the molecule is COc1ccc2nc(N3C(=O)C(O)=C(C(=O)c4ccccc4OC)C3c3ccc(Cl)cc3)sc2c1. The predicted octanol–water partition coefficient (Wildman–Crippen LogP) is 5.75. The van der Waals surface area contributed by atoms with Crippen LogP contribution in [0.15, 0.2) is 78.1 Å². The normalized spacial score (nSPS) is 15.7. The first kappa shape index (κ1) is 22.9. The molecule has 0 radical (unpaired) electrons. The van der Waals surface area contributed by atoms with Crippen LogP contribution < -0.4 is 14.4 Å². The zero-order chi connectivity index (χ0) is 24.7. The first-order valence-corrected chi connectivity index (χ1v) is 11.8. The standard InChI is InChI=1S/C26H19ClN2O5S/c1-33-16-11-12-18-20(13-16)35-26(28-18)29-22(14-7-9-15(27)10-8-14)21(24(31)25(29)32)23(30)17-5-3-4-6-19(17)34-2/h3-13,22,31H,1-2H3. The van der Waals surface area contributed by atoms with Crippen LogP contribution in [0.2, 0.25) is 5.02 Å². The van der Waals surface area contributed by atoms with E-state index in [1.54, 1.807) is 67.8 Å². The van der Waals surface area contributed by atoms with Crippen LogP contribution in [0.1, 0.15) is 22.0 Å². The number of methoxy groups -OCH3 is 2. The third-order valence-electron chi connectivity index (χ3n) is 5.78. The van der Waals surface area contributed by atoms with Gasteiger partial charge in [0.05, 0.1) is 41.6 Å². The summed E-state index contributed by atoms with van der Waals surface area (Å²) in [5.74, 6) is -0.862. The monoisotopic (exact) mass is 506 g/mol. The van der Waals surface area contributed by atoms with E-state index in [4.69, 9.17) is 21.1 Å². The van der Waals surface area contributed by atoms with Gasteiger partial charge in [-0.25, -0.2) is 4.98 Å². The van der Waals surface area contributed by atoms with Gasteiger partial charge in [-0.1, -0.05) is 47.2 Å². The van der Waals surface area contributed by atoms with Gasteiger partial charge >= 0.3 is 0 Å². The molecule has 9 heteroatoms. The number of hydrogen-bond donors (Lipinski definition) is 1. The van der Waals surface area contributed by atoms with Crippen LogP contribution in [-0.2, 0) is 4.79 Å². The summed E-state index contributed by atoms with van der Waals surface area (Å²) in [4.78, 5) is 33.1. The fourth-order valence-corrected chi connectivity index (χ4v) is 5.24. The van der Waals surface area contributed by atoms with E-state index in [-0.39, 0.29) is 11.1 Å². The molecular formula is C26H19ClN2O5S. The van der Waals surface area contributed by atoms with Crippen LogP contribution in [0.25, 0.3) is 10.2 Å². The minimum atomic E-state index is -0.917. The number of benzene rings is 3. The van der Waals surface area contributed by atoms with E-state index in [9.17, 15) is 14.7 Å². The van der Waals surface area contributed by atoms with Gasteiger partial charge in [-0.05, 0) is 48.0 Å². The number of aromatic nitrogens is 1. The Hall–Kier alpha value is -3.88. The lowest BCUT2D eigenvalue weighted by atomic mass is 9.92. The molecule has 0 saturated heterocycles. The third-order valence-corrected chi connectivity index (χ3v) is 7.05. The number of nitrogens with zero attached hydrogens (tertiary/aromatic N) is 2. The van der Waals surface area contributed by atoms with E-state index in [0.717, 1.165) is 4.70 Å². The van der Waals surface area contributed by atoms with Crippen LogP contribution in [0.4, 0.5) is 5.13 Å². The Morgan fingerprint density at radius 2 is 1.80 bits per heavy atom. The van der Waals surface area contributed by atoms with Crippen molar-refractivity contribution in [2.45, 2.75) is 6.04 Å². The van der Waals surface area contributed by atoms with Crippen LogP contribution in [0.5, 0.6) is 11.5 Å². The van der Waals surface area contributed by atoms with Crippen molar-refractivity contribution in [3.63, 3.8) is 0 Å². The van der Waals surface area contributed by atoms with Gasteiger partial charge in [-0.3, -0.25) is 14.5 Å². The lowest BCUT2D eigenvalue weighted by molar-refractivity contribution is -0.117. The average Bonchev–Trinajstić information content (AvgIpc) is 3.41. The number of amides is 1. The lowest BCUT2D eigenvalue weighted by Gasteiger charge is -2.24. The molecule has 0 aliphatic carbocycles. The van der Waals surface area contributed by atoms with Crippen molar-refractivity contribution < 1.29 is 24.2 Å². The molecule has 1 aromatic heterocycles. The van der Waals surface area contributed by atoms with Crippen LogP contribution in [0, 0.1) is 0 Å². The van der Waals surface area contributed by atoms with Gasteiger partial charge in [0.15, 0.2) is 16.7 Å². The van der Waals surface area contributed by atoms with E-state index in [1.165, 1.54) is 23.3 Å². The number of aliphatic hydroxyl groups excluding tert-OH is 1. The minimum absolute atomic E-state index is 0.0568. The quantitative estimate of drug-likeness (QED) is 0.335. The van der Waals surface area contributed by atoms with Gasteiger partial charge in [0, 0.05) is 5.02 Å². The largest absolute Gasteiger partial charge is 0.503 e. The second kappa shape index (κ2) is 9.05. The molecule has 4 aromatic rings. The number of para-hydroxylation sites is 1. The van der Waals surface area contributed by atoms with Crippen molar-refractivity contribution in [3.8, 4) is 11.5 Å². The molecule has 0 bridgehead atoms. The highest BCUT2D eigenvalue weighted by Crippen LogP contribution is 2.45. The number of halogens is 1. The number of carbonyl (C=O) groups is 2. The highest BCUT2D eigenvalue weighted by molar-refractivity contribution is 7.22. The van der Waals surface area contributed by atoms with E-state index < -0.39 is 23.5 Å². The molecule has 1 amide bonds. The molecule has 7 nitrogen and oxygen atoms in total. The maximum absolute atomic E-state index is 13.7. The average molecular weight is 507 g/mol. The summed E-state index contributed by atoms with van der Waals surface area (Å²) in [6, 6.07) is 17.9. The van der Waals surface area contributed by atoms with E-state index in [2.05, 4.69) is 4.98 Å². The van der Waals surface area contributed by atoms with Gasteiger partial charge in [-0.2, -0.15) is 0 Å². The molecule has 176 valence electrons. The maximum atomic E-state index is 13.7. The van der Waals surface area contributed by atoms with Crippen molar-refractivity contribution in [3.05, 3.63) is 94.2 Å². The summed E-state index contributed by atoms with van der Waals surface area (Å²) >= 11 is 7.36. The number of Topliss-reactive ketones (excluding diaryl/α,β-unsaturated/α-hetero) is 1. The molecule has 1 aliphatic rings. The van der Waals surface area contributed by atoms with Gasteiger partial charge in [0.1, 0.15) is 11.5 Å². The van der Waals surface area contributed by atoms with Gasteiger partial charge < -0.3 is 14.6 Å². The zero-order valence-corrected chi connectivity index (χ0v) is 20.3. The number of ether oxygens (including phenoxy) is 2. The van der Waals surface area contributed by atoms with Crippen molar-refractivity contribution >= 4 is 50.0 Å². The molecule has 5 rings (SSSR count). The van der Waals surface area contributed by atoms with E-state index in [0.29, 0.717) is 32.7 Å². The van der Waals surface area contributed by atoms with Gasteiger partial charge in [0.25, 0.3) is 5.91 Å². The number of hydrogen-bond acceptors (Lipinski definition) is 7. The topological polar surface area (TPSA) is 89.0 Å². The van der Waals surface area contributed by atoms with Crippen molar-refractivity contribution in [1.82, 2.24) is 4.98 Å². The highest BCUT2D eigenvalue weighted by atomic mass is 35.5. The molecule has 1 atom stereocenters. The summed E-state index contributed by atoms with van der Waals surface area (Å²) in [7, 11) is 3.03. The summed E-state index contributed by atoms with van der Waals surface area (Å²) in [5, 5.41) is 11.8. The summed E-state index contributed by atoms with van der Waals surface area (Å²) in [6.45, 7) is 0. The molecule has 1 unspecified atom stereocenters. The number of ketones is 1. The third kappa shape index (κ3) is 3.90. The summed E-state index contributed by atoms with van der Waals surface area (Å²) in [6.07, 6.45) is 0. The number of aliphatic hydroxyl groups is 1. The highest BCUT2D eigenvalue weighted by Gasteiger charge is 2.46. The number of anilines is 1. The van der Waals surface area contributed by atoms with E-state index in [1.807, 2.05) is 6.07 Å². The number of rotatable bonds is 6. The number of carbonyl (C=O) groups excluding carboxylic acids is 2. The molecule has 0 fully saturated rings. The molecule has 1 aliphatic heterocycles. The Morgan fingerprint density at radius 3 is 2.51 bits per heavy atom. The first-order chi connectivity index (χ1) is 16.9. The maximum Gasteiger partial charge on any atom is 0.296 e. The molecule has 35 heavy (non-hydrogen) atoms. The first-order valence-electron chi connectivity index (χ1n) is 10.6. The second-order valence-electron chi connectivity index (χ2n) is 7.75. The Balaban J connectivity index is 1.68. The molecule has 0 spiro atoms. The molecule has 2 heterocycles. The Kier molecular flexibility index (Phi) is 5.92. The zero-order valence-electron chi connectivity index (χ0n) is 18.7. The fraction of sp³-hybridized carbons (Fsp3) is 0.115. The fourth-order valence-electron chi connectivity index (χ4n) is 4.10. The summed E-state index contributed by atoms with van der Waals surface area (Å²) in [5.41, 5.74) is 1.44. The summed E-state index contributed by atoms with van der Waals surface area (Å²) < 4.78 is 11.4. The molecule has 3 aromatic carbocycles. The van der Waals surface area contributed by atoms with Crippen LogP contribution in [-0.4, -0.2) is 36.0 Å². The van der Waals surface area contributed by atoms with Crippen LogP contribution in [0.3, 0.4) is 0 Å². The minimum Gasteiger partial charge on any atom is -0.503 e. The van der Waals surface area contributed by atoms with E-state index >= 15 is 0 Å². The smallest absolute Gasteiger partial charge is 0.296 e. The van der Waals surface area contributed by atoms with Crippen molar-refractivity contribution in [1.29, 1.82) is 0 Å². The number of fused-ring (bicyclic) bond motifs is 1. The van der Waals surface area contributed by atoms with Gasteiger partial charge in [0.2, 0.25) is 0 Å². The number of thiazole rings is 1. The van der Waals surface area contributed by atoms with Crippen molar-refractivity contribution in [2.75, 3.05) is 19.1 Å². The van der Waals surface area contributed by atoms with Crippen LogP contribution >= 0.6 is 22.9 Å². The second-order valence-corrected chi connectivity index (χ2v) is 9.20. The molecule has 1 N–H and O–H groups in total. The van der Waals surface area contributed by atoms with Crippen molar-refractivity contribution in [2.24, 2.45) is 0 Å². The van der Waals surface area contributed by atoms with Gasteiger partial charge in [-0.15, -0.1) is 0 Å². The molecular weight excluding hydrogens is 488 g/mol. The Labute approximate surface area is 209 Å². The molecule has 0 saturated carbocycles. The lowest BCUT2D eigenvalue weighted by Crippen LogP contribution is -2.31.